The van der Waals surface area contributed by atoms with Crippen molar-refractivity contribution in [2.24, 2.45) is 5.16 Å². The molecule has 2 rings (SSSR count). The Morgan fingerprint density at radius 1 is 1.44 bits per heavy atom. The standard InChI is InChI=1S/C14H13IN2O/c1-9(2)5-14(17-18)10-3-4-13-11(6-10)7-12(15)8-16-13/h3-4,6-8,18H,1,5H2,2H3/b17-14+. The Balaban J connectivity index is 2.48. The SMILES string of the molecule is C=C(C)C/C(=N\O)c1ccc2ncc(I)cc2c1. The van der Waals surface area contributed by atoms with Gasteiger partial charge in [-0.05, 0) is 47.7 Å². The number of hydrogen-bond donors (Lipinski definition) is 1. The van der Waals surface area contributed by atoms with E-state index >= 15 is 0 Å². The van der Waals surface area contributed by atoms with Gasteiger partial charge in [0.05, 0.1) is 11.2 Å². The lowest BCUT2D eigenvalue weighted by atomic mass is 10.0. The summed E-state index contributed by atoms with van der Waals surface area (Å²) < 4.78 is 1.08. The van der Waals surface area contributed by atoms with Crippen LogP contribution in [0.15, 0.2) is 47.8 Å². The van der Waals surface area contributed by atoms with Crippen LogP contribution in [0.2, 0.25) is 0 Å². The molecule has 0 saturated carbocycles. The summed E-state index contributed by atoms with van der Waals surface area (Å²) in [5.74, 6) is 0. The van der Waals surface area contributed by atoms with Crippen molar-refractivity contribution in [3.05, 3.63) is 51.7 Å². The summed E-state index contributed by atoms with van der Waals surface area (Å²) in [7, 11) is 0. The van der Waals surface area contributed by atoms with Crippen LogP contribution in [0.4, 0.5) is 0 Å². The fraction of sp³-hybridized carbons (Fsp3) is 0.143. The Kier molecular flexibility index (Phi) is 3.96. The minimum Gasteiger partial charge on any atom is -0.411 e. The van der Waals surface area contributed by atoms with Crippen LogP contribution in [0.1, 0.15) is 18.9 Å². The van der Waals surface area contributed by atoms with E-state index in [0.29, 0.717) is 12.1 Å². The molecule has 1 heterocycles. The van der Waals surface area contributed by atoms with E-state index in [1.54, 1.807) is 0 Å². The van der Waals surface area contributed by atoms with E-state index < -0.39 is 0 Å². The molecule has 0 saturated heterocycles. The van der Waals surface area contributed by atoms with Crippen molar-refractivity contribution in [2.75, 3.05) is 0 Å². The van der Waals surface area contributed by atoms with E-state index in [1.807, 2.05) is 31.3 Å². The lowest BCUT2D eigenvalue weighted by Gasteiger charge is -2.06. The molecule has 0 unspecified atom stereocenters. The third-order valence-electron chi connectivity index (χ3n) is 2.57. The third kappa shape index (κ3) is 2.87. The van der Waals surface area contributed by atoms with Crippen LogP contribution in [0.5, 0.6) is 0 Å². The predicted molar refractivity (Wildman–Crippen MR) is 82.2 cm³/mol. The average Bonchev–Trinajstić information content (AvgIpc) is 2.34. The molecule has 4 heteroatoms. The molecule has 1 aromatic carbocycles. The Labute approximate surface area is 119 Å². The first kappa shape index (κ1) is 13.0. The molecule has 0 aliphatic carbocycles. The normalized spacial score (nSPS) is 11.8. The number of aromatic nitrogens is 1. The molecule has 1 aromatic heterocycles. The van der Waals surface area contributed by atoms with Gasteiger partial charge in [-0.2, -0.15) is 0 Å². The summed E-state index contributed by atoms with van der Waals surface area (Å²) in [6, 6.07) is 7.90. The number of pyridine rings is 1. The highest BCUT2D eigenvalue weighted by atomic mass is 127. The van der Waals surface area contributed by atoms with Crippen molar-refractivity contribution >= 4 is 39.2 Å². The monoisotopic (exact) mass is 352 g/mol. The van der Waals surface area contributed by atoms with Crippen molar-refractivity contribution in [1.29, 1.82) is 0 Å². The van der Waals surface area contributed by atoms with Crippen LogP contribution < -0.4 is 0 Å². The molecule has 0 amide bonds. The molecule has 92 valence electrons. The van der Waals surface area contributed by atoms with Crippen LogP contribution in [-0.4, -0.2) is 15.9 Å². The van der Waals surface area contributed by atoms with E-state index in [2.05, 4.69) is 45.4 Å². The van der Waals surface area contributed by atoms with Gasteiger partial charge in [-0.3, -0.25) is 4.98 Å². The summed E-state index contributed by atoms with van der Waals surface area (Å²) in [5.41, 5.74) is 3.43. The van der Waals surface area contributed by atoms with E-state index in [-0.39, 0.29) is 0 Å². The molecule has 0 atom stereocenters. The number of allylic oxidation sites excluding steroid dienone is 1. The molecule has 3 nitrogen and oxygen atoms in total. The van der Waals surface area contributed by atoms with Crippen molar-refractivity contribution in [3.63, 3.8) is 0 Å². The minimum atomic E-state index is 0.569. The van der Waals surface area contributed by atoms with Crippen LogP contribution >= 0.6 is 22.6 Å². The molecular weight excluding hydrogens is 339 g/mol. The van der Waals surface area contributed by atoms with Gasteiger partial charge in [0.1, 0.15) is 0 Å². The van der Waals surface area contributed by atoms with Gasteiger partial charge in [0, 0.05) is 27.1 Å². The first-order valence-electron chi connectivity index (χ1n) is 5.51. The maximum absolute atomic E-state index is 9.08. The fourth-order valence-corrected chi connectivity index (χ4v) is 2.24. The van der Waals surface area contributed by atoms with E-state index in [1.165, 1.54) is 0 Å². The topological polar surface area (TPSA) is 45.5 Å². The maximum Gasteiger partial charge on any atom is 0.0908 e. The zero-order valence-electron chi connectivity index (χ0n) is 10.0. The second-order valence-corrected chi connectivity index (χ2v) is 5.49. The average molecular weight is 352 g/mol. The second-order valence-electron chi connectivity index (χ2n) is 4.24. The van der Waals surface area contributed by atoms with Gasteiger partial charge < -0.3 is 5.21 Å². The highest BCUT2D eigenvalue weighted by Crippen LogP contribution is 2.18. The van der Waals surface area contributed by atoms with Crippen molar-refractivity contribution in [1.82, 2.24) is 4.98 Å². The summed E-state index contributed by atoms with van der Waals surface area (Å²) in [6.07, 6.45) is 2.40. The molecule has 2 aromatic rings. The number of hydrogen-bond acceptors (Lipinski definition) is 3. The van der Waals surface area contributed by atoms with Crippen LogP contribution in [0.25, 0.3) is 10.9 Å². The van der Waals surface area contributed by atoms with E-state index in [4.69, 9.17) is 5.21 Å². The predicted octanol–water partition coefficient (Wildman–Crippen LogP) is 3.98. The lowest BCUT2D eigenvalue weighted by Crippen LogP contribution is -2.01. The summed E-state index contributed by atoms with van der Waals surface area (Å²) in [4.78, 5) is 4.34. The Morgan fingerprint density at radius 2 is 2.22 bits per heavy atom. The van der Waals surface area contributed by atoms with Crippen molar-refractivity contribution < 1.29 is 5.21 Å². The number of benzene rings is 1. The molecule has 0 radical (unpaired) electrons. The number of oxime groups is 1. The number of halogens is 1. The largest absolute Gasteiger partial charge is 0.411 e. The van der Waals surface area contributed by atoms with Crippen LogP contribution in [0.3, 0.4) is 0 Å². The number of rotatable bonds is 3. The minimum absolute atomic E-state index is 0.569. The van der Waals surface area contributed by atoms with Gasteiger partial charge in [0.15, 0.2) is 0 Å². The van der Waals surface area contributed by atoms with Gasteiger partial charge in [-0.25, -0.2) is 0 Å². The fourth-order valence-electron chi connectivity index (χ4n) is 1.77. The smallest absolute Gasteiger partial charge is 0.0908 e. The van der Waals surface area contributed by atoms with E-state index in [0.717, 1.165) is 25.6 Å². The first-order chi connectivity index (χ1) is 8.60. The highest BCUT2D eigenvalue weighted by Gasteiger charge is 2.06. The zero-order valence-corrected chi connectivity index (χ0v) is 12.2. The van der Waals surface area contributed by atoms with Crippen molar-refractivity contribution in [3.8, 4) is 0 Å². The van der Waals surface area contributed by atoms with Gasteiger partial charge >= 0.3 is 0 Å². The van der Waals surface area contributed by atoms with Crippen molar-refractivity contribution in [2.45, 2.75) is 13.3 Å². The molecule has 0 spiro atoms. The molecule has 0 aliphatic rings. The highest BCUT2D eigenvalue weighted by molar-refractivity contribution is 14.1. The summed E-state index contributed by atoms with van der Waals surface area (Å²) >= 11 is 2.23. The Bertz CT molecular complexity index is 635. The molecule has 0 aliphatic heterocycles. The van der Waals surface area contributed by atoms with Gasteiger partial charge in [0.25, 0.3) is 0 Å². The molecule has 0 bridgehead atoms. The molecule has 1 N–H and O–H groups in total. The second kappa shape index (κ2) is 5.48. The van der Waals surface area contributed by atoms with Crippen LogP contribution in [-0.2, 0) is 0 Å². The number of fused-ring (bicyclic) bond motifs is 1. The Morgan fingerprint density at radius 3 is 2.89 bits per heavy atom. The first-order valence-corrected chi connectivity index (χ1v) is 6.59. The quantitative estimate of drug-likeness (QED) is 0.299. The van der Waals surface area contributed by atoms with Crippen LogP contribution in [0, 0.1) is 3.57 Å². The third-order valence-corrected chi connectivity index (χ3v) is 3.16. The maximum atomic E-state index is 9.08. The lowest BCUT2D eigenvalue weighted by molar-refractivity contribution is 0.318. The molecule has 0 fully saturated rings. The number of nitrogens with zero attached hydrogens (tertiary/aromatic N) is 2. The Hall–Kier alpha value is -1.43. The summed E-state index contributed by atoms with van der Waals surface area (Å²) in [6.45, 7) is 5.75. The molecular formula is C14H13IN2O. The summed E-state index contributed by atoms with van der Waals surface area (Å²) in [5, 5.41) is 13.5. The van der Waals surface area contributed by atoms with Gasteiger partial charge in [-0.1, -0.05) is 23.4 Å². The van der Waals surface area contributed by atoms with Gasteiger partial charge in [0.2, 0.25) is 0 Å². The zero-order chi connectivity index (χ0) is 13.1. The van der Waals surface area contributed by atoms with E-state index in [9.17, 15) is 0 Å². The molecule has 18 heavy (non-hydrogen) atoms. The van der Waals surface area contributed by atoms with Gasteiger partial charge in [-0.15, -0.1) is 0 Å².